The van der Waals surface area contributed by atoms with Crippen LogP contribution in [0, 0.1) is 0 Å². The Morgan fingerprint density at radius 1 is 0.481 bits per heavy atom. The molecule has 250 valence electrons. The molecule has 1 fully saturated rings. The number of benzene rings is 7. The summed E-state index contributed by atoms with van der Waals surface area (Å²) in [4.78, 5) is 2.44. The second kappa shape index (κ2) is 11.9. The molecule has 3 atom stereocenters. The monoisotopic (exact) mass is 707 g/mol. The van der Waals surface area contributed by atoms with Gasteiger partial charge in [0.1, 0.15) is 11.2 Å². The highest BCUT2D eigenvalue weighted by atomic mass is 32.1. The SMILES string of the molecule is CN1C(c2ccc3c(c2)sc2ccccc23)NC(c2ccccc2)NC1c1ccc2sc3cccc(-c4cccc5c4oc4ccccc45)c3c2c1. The summed E-state index contributed by atoms with van der Waals surface area (Å²) < 4.78 is 11.7. The first-order chi connectivity index (χ1) is 25.7. The topological polar surface area (TPSA) is 40.4 Å². The Hall–Kier alpha value is -5.34. The molecule has 0 saturated carbocycles. The summed E-state index contributed by atoms with van der Waals surface area (Å²) in [5.41, 5.74) is 7.91. The summed E-state index contributed by atoms with van der Waals surface area (Å²) in [5.74, 6) is 0. The third-order valence-electron chi connectivity index (χ3n) is 10.8. The van der Waals surface area contributed by atoms with E-state index in [2.05, 4.69) is 168 Å². The summed E-state index contributed by atoms with van der Waals surface area (Å²) in [5, 5.41) is 15.5. The number of furan rings is 1. The first-order valence-corrected chi connectivity index (χ1v) is 19.4. The van der Waals surface area contributed by atoms with Gasteiger partial charge in [0, 0.05) is 56.7 Å². The van der Waals surface area contributed by atoms with Gasteiger partial charge in [0.25, 0.3) is 0 Å². The fourth-order valence-corrected chi connectivity index (χ4v) is 10.6. The van der Waals surface area contributed by atoms with E-state index in [0.717, 1.165) is 27.5 Å². The van der Waals surface area contributed by atoms with Gasteiger partial charge >= 0.3 is 0 Å². The predicted octanol–water partition coefficient (Wildman–Crippen LogP) is 12.5. The van der Waals surface area contributed by atoms with Gasteiger partial charge in [0.2, 0.25) is 0 Å². The number of thiophene rings is 2. The van der Waals surface area contributed by atoms with Crippen LogP contribution in [0.4, 0.5) is 0 Å². The molecule has 1 aliphatic rings. The van der Waals surface area contributed by atoms with E-state index in [1.54, 1.807) is 0 Å². The quantitative estimate of drug-likeness (QED) is 0.191. The molecule has 6 heteroatoms. The van der Waals surface area contributed by atoms with E-state index < -0.39 is 0 Å². The predicted molar refractivity (Wildman–Crippen MR) is 220 cm³/mol. The third-order valence-corrected chi connectivity index (χ3v) is 13.1. The molecule has 52 heavy (non-hydrogen) atoms. The average molecular weight is 708 g/mol. The first kappa shape index (κ1) is 30.3. The lowest BCUT2D eigenvalue weighted by Gasteiger charge is -2.45. The Balaban J connectivity index is 1.06. The molecule has 4 heterocycles. The summed E-state index contributed by atoms with van der Waals surface area (Å²) in [6, 6.07) is 55.1. The highest BCUT2D eigenvalue weighted by molar-refractivity contribution is 7.26. The van der Waals surface area contributed by atoms with Gasteiger partial charge in [-0.25, -0.2) is 0 Å². The van der Waals surface area contributed by atoms with Gasteiger partial charge in [-0.05, 0) is 65.7 Å². The van der Waals surface area contributed by atoms with Crippen LogP contribution < -0.4 is 10.6 Å². The number of rotatable bonds is 4. The third kappa shape index (κ3) is 4.69. The number of hydrogen-bond donors (Lipinski definition) is 2. The van der Waals surface area contributed by atoms with Gasteiger partial charge in [-0.1, -0.05) is 115 Å². The fourth-order valence-electron chi connectivity index (χ4n) is 8.36. The van der Waals surface area contributed by atoms with Crippen LogP contribution in [0.2, 0.25) is 0 Å². The zero-order chi connectivity index (χ0) is 34.3. The lowest BCUT2D eigenvalue weighted by Crippen LogP contribution is -2.54. The molecule has 0 bridgehead atoms. The minimum Gasteiger partial charge on any atom is -0.455 e. The number of nitrogens with zero attached hydrogens (tertiary/aromatic N) is 1. The Morgan fingerprint density at radius 2 is 1.12 bits per heavy atom. The van der Waals surface area contributed by atoms with Gasteiger partial charge in [0.05, 0.1) is 18.5 Å². The molecule has 11 rings (SSSR count). The van der Waals surface area contributed by atoms with E-state index in [0.29, 0.717) is 0 Å². The Morgan fingerprint density at radius 3 is 2.00 bits per heavy atom. The Kier molecular flexibility index (Phi) is 6.91. The van der Waals surface area contributed by atoms with Crippen molar-refractivity contribution in [1.82, 2.24) is 15.5 Å². The maximum absolute atomic E-state index is 6.54. The van der Waals surface area contributed by atoms with Crippen molar-refractivity contribution < 1.29 is 4.42 Å². The van der Waals surface area contributed by atoms with Crippen molar-refractivity contribution in [2.45, 2.75) is 18.5 Å². The molecule has 7 aromatic carbocycles. The number of nitrogens with one attached hydrogen (secondary N) is 2. The van der Waals surface area contributed by atoms with Gasteiger partial charge in [-0.3, -0.25) is 15.5 Å². The summed E-state index contributed by atoms with van der Waals surface area (Å²) in [6.45, 7) is 0. The summed E-state index contributed by atoms with van der Waals surface area (Å²) in [6.07, 6.45) is -0.0937. The molecule has 3 unspecified atom stereocenters. The highest BCUT2D eigenvalue weighted by Gasteiger charge is 2.35. The number of para-hydroxylation sites is 2. The lowest BCUT2D eigenvalue weighted by atomic mass is 9.96. The average Bonchev–Trinajstić information content (AvgIpc) is 3.89. The second-order valence-corrected chi connectivity index (χ2v) is 16.0. The van der Waals surface area contributed by atoms with Crippen molar-refractivity contribution in [3.63, 3.8) is 0 Å². The van der Waals surface area contributed by atoms with Crippen LogP contribution >= 0.6 is 22.7 Å². The highest BCUT2D eigenvalue weighted by Crippen LogP contribution is 2.45. The smallest absolute Gasteiger partial charge is 0.143 e. The minimum absolute atomic E-state index is 0.0118. The van der Waals surface area contributed by atoms with Crippen molar-refractivity contribution >= 4 is 85.0 Å². The van der Waals surface area contributed by atoms with E-state index in [-0.39, 0.29) is 18.5 Å². The van der Waals surface area contributed by atoms with Crippen LogP contribution in [-0.2, 0) is 0 Å². The van der Waals surface area contributed by atoms with Gasteiger partial charge < -0.3 is 4.42 Å². The number of hydrogen-bond acceptors (Lipinski definition) is 6. The van der Waals surface area contributed by atoms with Gasteiger partial charge in [-0.2, -0.15) is 0 Å². The molecule has 3 aromatic heterocycles. The van der Waals surface area contributed by atoms with Crippen LogP contribution in [0.25, 0.3) is 73.4 Å². The van der Waals surface area contributed by atoms with Crippen molar-refractivity contribution in [2.24, 2.45) is 0 Å². The second-order valence-electron chi connectivity index (χ2n) is 13.8. The fraction of sp³-hybridized carbons (Fsp3) is 0.0870. The van der Waals surface area contributed by atoms with Crippen molar-refractivity contribution in [1.29, 1.82) is 0 Å². The molecule has 0 amide bonds. The first-order valence-electron chi connectivity index (χ1n) is 17.7. The van der Waals surface area contributed by atoms with E-state index >= 15 is 0 Å². The Labute approximate surface area is 308 Å². The summed E-state index contributed by atoms with van der Waals surface area (Å²) >= 11 is 3.73. The molecule has 1 saturated heterocycles. The van der Waals surface area contributed by atoms with Crippen molar-refractivity contribution in [3.8, 4) is 11.1 Å². The van der Waals surface area contributed by atoms with Gasteiger partial charge in [-0.15, -0.1) is 22.7 Å². The van der Waals surface area contributed by atoms with Crippen LogP contribution in [0.1, 0.15) is 35.2 Å². The van der Waals surface area contributed by atoms with Crippen molar-refractivity contribution in [2.75, 3.05) is 7.05 Å². The molecule has 10 aromatic rings. The van der Waals surface area contributed by atoms with E-state index in [4.69, 9.17) is 4.42 Å². The zero-order valence-electron chi connectivity index (χ0n) is 28.3. The summed E-state index contributed by atoms with van der Waals surface area (Å²) in [7, 11) is 2.23. The standard InChI is InChI=1S/C46H33N3OS2/c1-49-45(47-44(27-11-3-2-4-12-27)48-46(49)29-21-23-32-31-14-6-8-19-38(31)52-41(32)26-29)28-22-24-39-36(25-28)42-33(15-10-20-40(42)51-39)35-17-9-16-34-30-13-5-7-18-37(30)50-43(34)35/h2-26,44-48H,1H3. The van der Waals surface area contributed by atoms with Crippen LogP contribution in [-0.4, -0.2) is 11.9 Å². The van der Waals surface area contributed by atoms with Crippen LogP contribution in [0.15, 0.2) is 156 Å². The maximum Gasteiger partial charge on any atom is 0.143 e. The molecule has 4 nitrogen and oxygen atoms in total. The molecule has 0 spiro atoms. The largest absolute Gasteiger partial charge is 0.455 e. The Bertz CT molecular complexity index is 2980. The molecular weight excluding hydrogens is 675 g/mol. The minimum atomic E-state index is -0.0418. The van der Waals surface area contributed by atoms with E-state index in [1.165, 1.54) is 62.6 Å². The molecule has 2 N–H and O–H groups in total. The zero-order valence-corrected chi connectivity index (χ0v) is 30.0. The molecule has 0 radical (unpaired) electrons. The lowest BCUT2D eigenvalue weighted by molar-refractivity contribution is 0.0417. The normalized spacial score (nSPS) is 18.4. The van der Waals surface area contributed by atoms with E-state index in [9.17, 15) is 0 Å². The van der Waals surface area contributed by atoms with E-state index in [1.807, 2.05) is 28.7 Å². The molecule has 1 aliphatic heterocycles. The van der Waals surface area contributed by atoms with Crippen LogP contribution in [0.5, 0.6) is 0 Å². The number of fused-ring (bicyclic) bond motifs is 9. The molecular formula is C46H33N3OS2. The van der Waals surface area contributed by atoms with Crippen molar-refractivity contribution in [3.05, 3.63) is 168 Å². The van der Waals surface area contributed by atoms with Crippen LogP contribution in [0.3, 0.4) is 0 Å². The molecule has 0 aliphatic carbocycles. The maximum atomic E-state index is 6.54. The van der Waals surface area contributed by atoms with Gasteiger partial charge in [0.15, 0.2) is 0 Å².